The van der Waals surface area contributed by atoms with Crippen LogP contribution in [0.2, 0.25) is 0 Å². The van der Waals surface area contributed by atoms with Gasteiger partial charge in [-0.25, -0.2) is 9.97 Å². The van der Waals surface area contributed by atoms with Crippen LogP contribution in [0.3, 0.4) is 0 Å². The van der Waals surface area contributed by atoms with Crippen LogP contribution < -0.4 is 10.2 Å². The standard InChI is InChI=1S/C16H20N4OS/c1-11(2)14-15(22-10-18-14)16(21)19-13-6-5-12(9-17-13)20-7-3-4-8-20/h5-6,9-11H,3-4,7-8H2,1-2H3,(H,17,19,21). The number of pyridine rings is 1. The second-order valence-corrected chi connectivity index (χ2v) is 6.63. The van der Waals surface area contributed by atoms with Crippen LogP contribution in [0.5, 0.6) is 0 Å². The Morgan fingerprint density at radius 1 is 1.27 bits per heavy atom. The van der Waals surface area contributed by atoms with E-state index in [0.717, 1.165) is 24.5 Å². The maximum Gasteiger partial charge on any atom is 0.268 e. The third kappa shape index (κ3) is 3.11. The average Bonchev–Trinajstić information content (AvgIpc) is 3.19. The van der Waals surface area contributed by atoms with Crippen molar-refractivity contribution >= 4 is 28.7 Å². The van der Waals surface area contributed by atoms with Gasteiger partial charge in [0.25, 0.3) is 5.91 Å². The van der Waals surface area contributed by atoms with Crippen LogP contribution in [0.4, 0.5) is 11.5 Å². The van der Waals surface area contributed by atoms with Crippen LogP contribution in [0.1, 0.15) is 48.0 Å². The Hall–Kier alpha value is -1.95. The van der Waals surface area contributed by atoms with Crippen molar-refractivity contribution in [1.29, 1.82) is 0 Å². The normalized spacial score (nSPS) is 14.6. The number of nitrogens with zero attached hydrogens (tertiary/aromatic N) is 3. The fourth-order valence-corrected chi connectivity index (χ4v) is 3.47. The Labute approximate surface area is 134 Å². The molecule has 116 valence electrons. The number of carbonyl (C=O) groups is 1. The first-order valence-corrected chi connectivity index (χ1v) is 8.49. The summed E-state index contributed by atoms with van der Waals surface area (Å²) in [7, 11) is 0. The minimum Gasteiger partial charge on any atom is -0.370 e. The Bertz CT molecular complexity index is 644. The minimum absolute atomic E-state index is 0.132. The van der Waals surface area contributed by atoms with Crippen molar-refractivity contribution in [1.82, 2.24) is 9.97 Å². The topological polar surface area (TPSA) is 58.1 Å². The van der Waals surface area contributed by atoms with E-state index in [1.54, 1.807) is 5.51 Å². The number of aromatic nitrogens is 2. The van der Waals surface area contributed by atoms with Gasteiger partial charge in [-0.15, -0.1) is 11.3 Å². The van der Waals surface area contributed by atoms with E-state index in [1.165, 1.54) is 24.2 Å². The first-order valence-electron chi connectivity index (χ1n) is 7.61. The second kappa shape index (κ2) is 6.44. The number of hydrogen-bond donors (Lipinski definition) is 1. The van der Waals surface area contributed by atoms with E-state index in [1.807, 2.05) is 32.2 Å². The molecule has 3 rings (SSSR count). The molecule has 0 radical (unpaired) electrons. The number of thiazole rings is 1. The molecule has 0 saturated carbocycles. The predicted molar refractivity (Wildman–Crippen MR) is 89.8 cm³/mol. The van der Waals surface area contributed by atoms with Gasteiger partial charge in [0.15, 0.2) is 0 Å². The van der Waals surface area contributed by atoms with Gasteiger partial charge in [0.05, 0.1) is 23.1 Å². The summed E-state index contributed by atoms with van der Waals surface area (Å²) in [5, 5.41) is 2.86. The molecule has 0 bridgehead atoms. The monoisotopic (exact) mass is 316 g/mol. The van der Waals surface area contributed by atoms with E-state index in [9.17, 15) is 4.79 Å². The molecule has 22 heavy (non-hydrogen) atoms. The molecule has 1 aliphatic rings. The highest BCUT2D eigenvalue weighted by atomic mass is 32.1. The Morgan fingerprint density at radius 2 is 2.05 bits per heavy atom. The lowest BCUT2D eigenvalue weighted by molar-refractivity contribution is 0.102. The van der Waals surface area contributed by atoms with Gasteiger partial charge in [-0.1, -0.05) is 13.8 Å². The maximum absolute atomic E-state index is 12.4. The van der Waals surface area contributed by atoms with E-state index in [-0.39, 0.29) is 11.8 Å². The summed E-state index contributed by atoms with van der Waals surface area (Å²) >= 11 is 1.37. The number of rotatable bonds is 4. The lowest BCUT2D eigenvalue weighted by Gasteiger charge is -2.17. The Morgan fingerprint density at radius 3 is 2.68 bits per heavy atom. The summed E-state index contributed by atoms with van der Waals surface area (Å²) in [4.78, 5) is 24.0. The highest BCUT2D eigenvalue weighted by Crippen LogP contribution is 2.23. The maximum atomic E-state index is 12.4. The molecule has 0 atom stereocenters. The van der Waals surface area contributed by atoms with Gasteiger partial charge in [-0.3, -0.25) is 4.79 Å². The van der Waals surface area contributed by atoms with Crippen LogP contribution in [-0.4, -0.2) is 29.0 Å². The lowest BCUT2D eigenvalue weighted by Crippen LogP contribution is -2.18. The summed E-state index contributed by atoms with van der Waals surface area (Å²) in [6.45, 7) is 6.25. The van der Waals surface area contributed by atoms with Crippen LogP contribution in [0.15, 0.2) is 23.8 Å². The fourth-order valence-electron chi connectivity index (χ4n) is 2.63. The Kier molecular flexibility index (Phi) is 4.38. The third-order valence-corrected chi connectivity index (χ3v) is 4.65. The molecule has 1 fully saturated rings. The van der Waals surface area contributed by atoms with Crippen molar-refractivity contribution < 1.29 is 4.79 Å². The second-order valence-electron chi connectivity index (χ2n) is 5.77. The molecule has 0 aliphatic carbocycles. The molecular formula is C16H20N4OS. The summed E-state index contributed by atoms with van der Waals surface area (Å²) in [5.41, 5.74) is 3.68. The van der Waals surface area contributed by atoms with Crippen molar-refractivity contribution in [3.8, 4) is 0 Å². The first kappa shape index (κ1) is 15.0. The number of hydrogen-bond acceptors (Lipinski definition) is 5. The molecule has 2 aromatic heterocycles. The number of amides is 1. The van der Waals surface area contributed by atoms with E-state index in [0.29, 0.717) is 10.7 Å². The molecule has 0 aromatic carbocycles. The van der Waals surface area contributed by atoms with Gasteiger partial charge in [-0.2, -0.15) is 0 Å². The largest absolute Gasteiger partial charge is 0.370 e. The number of carbonyl (C=O) groups excluding carboxylic acids is 1. The van der Waals surface area contributed by atoms with Crippen LogP contribution in [-0.2, 0) is 0 Å². The van der Waals surface area contributed by atoms with Gasteiger partial charge in [0.1, 0.15) is 10.7 Å². The molecule has 1 saturated heterocycles. The molecule has 3 heterocycles. The van der Waals surface area contributed by atoms with Gasteiger partial charge >= 0.3 is 0 Å². The molecule has 1 N–H and O–H groups in total. The predicted octanol–water partition coefficient (Wildman–Crippen LogP) is 3.51. The first-order chi connectivity index (χ1) is 10.6. The van der Waals surface area contributed by atoms with Crippen molar-refractivity contribution in [2.75, 3.05) is 23.3 Å². The van der Waals surface area contributed by atoms with Crippen molar-refractivity contribution in [3.63, 3.8) is 0 Å². The SMILES string of the molecule is CC(C)c1ncsc1C(=O)Nc1ccc(N2CCCC2)cn1. The number of anilines is 2. The molecular weight excluding hydrogens is 296 g/mol. The average molecular weight is 316 g/mol. The summed E-state index contributed by atoms with van der Waals surface area (Å²) in [6.07, 6.45) is 4.31. The smallest absolute Gasteiger partial charge is 0.268 e. The van der Waals surface area contributed by atoms with Gasteiger partial charge in [-0.05, 0) is 30.9 Å². The van der Waals surface area contributed by atoms with E-state index < -0.39 is 0 Å². The zero-order valence-electron chi connectivity index (χ0n) is 12.9. The van der Waals surface area contributed by atoms with Gasteiger partial charge in [0, 0.05) is 13.1 Å². The fraction of sp³-hybridized carbons (Fsp3) is 0.438. The minimum atomic E-state index is -0.132. The summed E-state index contributed by atoms with van der Waals surface area (Å²) < 4.78 is 0. The molecule has 0 unspecified atom stereocenters. The quantitative estimate of drug-likeness (QED) is 0.937. The van der Waals surface area contributed by atoms with E-state index >= 15 is 0 Å². The molecule has 0 spiro atoms. The highest BCUT2D eigenvalue weighted by Gasteiger charge is 2.18. The van der Waals surface area contributed by atoms with Crippen LogP contribution in [0, 0.1) is 0 Å². The zero-order valence-corrected chi connectivity index (χ0v) is 13.7. The van der Waals surface area contributed by atoms with Crippen LogP contribution in [0.25, 0.3) is 0 Å². The molecule has 5 nitrogen and oxygen atoms in total. The van der Waals surface area contributed by atoms with E-state index in [2.05, 4.69) is 20.2 Å². The third-order valence-electron chi connectivity index (χ3n) is 3.81. The summed E-state index contributed by atoms with van der Waals surface area (Å²) in [5.74, 6) is 0.682. The van der Waals surface area contributed by atoms with Gasteiger partial charge < -0.3 is 10.2 Å². The highest BCUT2D eigenvalue weighted by molar-refractivity contribution is 7.12. The molecule has 1 aliphatic heterocycles. The summed E-state index contributed by atoms with van der Waals surface area (Å²) in [6, 6.07) is 3.88. The van der Waals surface area contributed by atoms with Crippen molar-refractivity contribution in [2.45, 2.75) is 32.6 Å². The van der Waals surface area contributed by atoms with Gasteiger partial charge in [0.2, 0.25) is 0 Å². The van der Waals surface area contributed by atoms with Crippen LogP contribution >= 0.6 is 11.3 Å². The molecule has 1 amide bonds. The zero-order chi connectivity index (χ0) is 15.5. The number of nitrogens with one attached hydrogen (secondary N) is 1. The Balaban J connectivity index is 1.70. The molecule has 6 heteroatoms. The lowest BCUT2D eigenvalue weighted by atomic mass is 10.1. The van der Waals surface area contributed by atoms with Crippen molar-refractivity contribution in [3.05, 3.63) is 34.4 Å². The van der Waals surface area contributed by atoms with Crippen molar-refractivity contribution in [2.24, 2.45) is 0 Å². The molecule has 2 aromatic rings. The van der Waals surface area contributed by atoms with E-state index in [4.69, 9.17) is 0 Å².